The van der Waals surface area contributed by atoms with Crippen molar-refractivity contribution >= 4 is 0 Å². The Morgan fingerprint density at radius 1 is 0.378 bits per heavy atom. The van der Waals surface area contributed by atoms with Crippen LogP contribution in [0.2, 0.25) is 0 Å². The maximum absolute atomic E-state index is 2.50. The van der Waals surface area contributed by atoms with Crippen LogP contribution in [0, 0.1) is 0 Å². The highest BCUT2D eigenvalue weighted by Crippen LogP contribution is 2.18. The van der Waals surface area contributed by atoms with Gasteiger partial charge in [0.2, 0.25) is 0 Å². The third-order valence-corrected chi connectivity index (χ3v) is 8.42. The first-order valence-corrected chi connectivity index (χ1v) is 17.5. The molecule has 0 fully saturated rings. The van der Waals surface area contributed by atoms with Crippen molar-refractivity contribution in [3.05, 3.63) is 12.2 Å². The van der Waals surface area contributed by atoms with Gasteiger partial charge in [-0.3, -0.25) is 0 Å². The van der Waals surface area contributed by atoms with Crippen molar-refractivity contribution in [2.45, 2.75) is 206 Å². The molecule has 1 unspecified atom stereocenters. The molecule has 222 valence electrons. The molecule has 0 heterocycles. The number of hydrogen-bond donors (Lipinski definition) is 0. The van der Waals surface area contributed by atoms with E-state index in [0.717, 1.165) is 6.04 Å². The van der Waals surface area contributed by atoms with Crippen molar-refractivity contribution < 1.29 is 0 Å². The SMILES string of the molecule is CCCCCCCC/C=C\CCCCCCCC(CCCCCCCCCCCCCCCC)N(C)C. The Labute approximate surface area is 237 Å². The molecule has 0 aliphatic rings. The molecule has 37 heavy (non-hydrogen) atoms. The Hall–Kier alpha value is -0.300. The third-order valence-electron chi connectivity index (χ3n) is 8.42. The van der Waals surface area contributed by atoms with E-state index >= 15 is 0 Å². The van der Waals surface area contributed by atoms with E-state index in [-0.39, 0.29) is 0 Å². The van der Waals surface area contributed by atoms with Crippen molar-refractivity contribution in [1.29, 1.82) is 0 Å². The zero-order valence-electron chi connectivity index (χ0n) is 26.7. The largest absolute Gasteiger partial charge is 0.306 e. The number of unbranched alkanes of at least 4 members (excludes halogenated alkanes) is 24. The fraction of sp³-hybridized carbons (Fsp3) is 0.944. The molecule has 0 radical (unpaired) electrons. The van der Waals surface area contributed by atoms with Gasteiger partial charge in [0.05, 0.1) is 0 Å². The Bertz CT molecular complexity index is 426. The van der Waals surface area contributed by atoms with E-state index < -0.39 is 0 Å². The van der Waals surface area contributed by atoms with Crippen molar-refractivity contribution in [3.63, 3.8) is 0 Å². The molecule has 0 amide bonds. The quantitative estimate of drug-likeness (QED) is 0.0650. The van der Waals surface area contributed by atoms with Crippen molar-refractivity contribution in [2.75, 3.05) is 14.1 Å². The lowest BCUT2D eigenvalue weighted by Gasteiger charge is -2.24. The third kappa shape index (κ3) is 30.1. The highest BCUT2D eigenvalue weighted by atomic mass is 15.1. The van der Waals surface area contributed by atoms with Crippen LogP contribution in [0.3, 0.4) is 0 Å². The minimum Gasteiger partial charge on any atom is -0.306 e. The zero-order chi connectivity index (χ0) is 27.1. The van der Waals surface area contributed by atoms with Crippen LogP contribution in [0.1, 0.15) is 200 Å². The molecule has 0 aromatic carbocycles. The van der Waals surface area contributed by atoms with Gasteiger partial charge in [-0.05, 0) is 52.6 Å². The van der Waals surface area contributed by atoms with Gasteiger partial charge in [-0.1, -0.05) is 174 Å². The average Bonchev–Trinajstić information content (AvgIpc) is 2.89. The summed E-state index contributed by atoms with van der Waals surface area (Å²) in [4.78, 5) is 2.50. The van der Waals surface area contributed by atoms with E-state index in [0.29, 0.717) is 0 Å². The lowest BCUT2D eigenvalue weighted by atomic mass is 9.99. The van der Waals surface area contributed by atoms with Crippen LogP contribution < -0.4 is 0 Å². The molecule has 0 bridgehead atoms. The first-order chi connectivity index (χ1) is 18.2. The molecule has 0 saturated heterocycles. The summed E-state index contributed by atoms with van der Waals surface area (Å²) in [5, 5.41) is 0. The van der Waals surface area contributed by atoms with Crippen LogP contribution in [0.4, 0.5) is 0 Å². The first kappa shape index (κ1) is 36.7. The minimum atomic E-state index is 0.808. The Kier molecular flexibility index (Phi) is 31.7. The summed E-state index contributed by atoms with van der Waals surface area (Å²) in [5.41, 5.74) is 0. The Morgan fingerprint density at radius 2 is 0.649 bits per heavy atom. The fourth-order valence-electron chi connectivity index (χ4n) is 5.69. The van der Waals surface area contributed by atoms with Crippen molar-refractivity contribution in [2.24, 2.45) is 0 Å². The van der Waals surface area contributed by atoms with Gasteiger partial charge in [-0.2, -0.15) is 0 Å². The molecule has 0 N–H and O–H groups in total. The molecule has 0 aromatic heterocycles. The van der Waals surface area contributed by atoms with Gasteiger partial charge in [0.1, 0.15) is 0 Å². The lowest BCUT2D eigenvalue weighted by Crippen LogP contribution is -2.27. The van der Waals surface area contributed by atoms with Gasteiger partial charge < -0.3 is 4.90 Å². The average molecular weight is 520 g/mol. The lowest BCUT2D eigenvalue weighted by molar-refractivity contribution is 0.251. The van der Waals surface area contributed by atoms with Crippen LogP contribution in [-0.2, 0) is 0 Å². The molecular weight excluding hydrogens is 446 g/mol. The molecule has 0 aromatic rings. The molecule has 0 rings (SSSR count). The zero-order valence-corrected chi connectivity index (χ0v) is 26.7. The summed E-state index contributed by atoms with van der Waals surface area (Å²) in [6.45, 7) is 4.60. The summed E-state index contributed by atoms with van der Waals surface area (Å²) in [6.07, 6.45) is 46.3. The normalized spacial score (nSPS) is 12.8. The molecule has 1 heteroatoms. The molecule has 0 aliphatic carbocycles. The highest BCUT2D eigenvalue weighted by molar-refractivity contribution is 4.81. The second kappa shape index (κ2) is 31.9. The summed E-state index contributed by atoms with van der Waals surface area (Å²) in [6, 6.07) is 0.808. The summed E-state index contributed by atoms with van der Waals surface area (Å²) in [7, 11) is 4.60. The topological polar surface area (TPSA) is 3.24 Å². The van der Waals surface area contributed by atoms with Gasteiger partial charge in [0.25, 0.3) is 0 Å². The second-order valence-corrected chi connectivity index (χ2v) is 12.4. The predicted octanol–water partition coefficient (Wildman–Crippen LogP) is 12.8. The summed E-state index contributed by atoms with van der Waals surface area (Å²) >= 11 is 0. The Morgan fingerprint density at radius 3 is 0.946 bits per heavy atom. The number of rotatable bonds is 31. The van der Waals surface area contributed by atoms with Gasteiger partial charge in [-0.15, -0.1) is 0 Å². The smallest absolute Gasteiger partial charge is 0.00891 e. The van der Waals surface area contributed by atoms with Crippen molar-refractivity contribution in [1.82, 2.24) is 4.90 Å². The van der Waals surface area contributed by atoms with Crippen LogP contribution >= 0.6 is 0 Å². The Balaban J connectivity index is 3.43. The van der Waals surface area contributed by atoms with E-state index in [4.69, 9.17) is 0 Å². The van der Waals surface area contributed by atoms with Crippen LogP contribution in [0.25, 0.3) is 0 Å². The van der Waals surface area contributed by atoms with Crippen LogP contribution in [-0.4, -0.2) is 25.0 Å². The van der Waals surface area contributed by atoms with E-state index in [1.807, 2.05) is 0 Å². The predicted molar refractivity (Wildman–Crippen MR) is 172 cm³/mol. The van der Waals surface area contributed by atoms with Gasteiger partial charge in [0.15, 0.2) is 0 Å². The monoisotopic (exact) mass is 520 g/mol. The molecule has 0 aliphatic heterocycles. The highest BCUT2D eigenvalue weighted by Gasteiger charge is 2.10. The van der Waals surface area contributed by atoms with Gasteiger partial charge in [0, 0.05) is 6.04 Å². The second-order valence-electron chi connectivity index (χ2n) is 12.4. The first-order valence-electron chi connectivity index (χ1n) is 17.5. The standard InChI is InChI=1S/C36H73N/c1-5-7-9-11-13-15-17-19-21-23-25-27-29-31-33-35-36(37(3)4)34-32-30-28-26-24-22-20-18-16-14-12-10-8-6-2/h19,21,36H,5-18,20,22-35H2,1-4H3/b21-19-. The van der Waals surface area contributed by atoms with Crippen molar-refractivity contribution in [3.8, 4) is 0 Å². The van der Waals surface area contributed by atoms with E-state index in [9.17, 15) is 0 Å². The maximum atomic E-state index is 2.50. The van der Waals surface area contributed by atoms with Crippen LogP contribution in [0.15, 0.2) is 12.2 Å². The van der Waals surface area contributed by atoms with Gasteiger partial charge in [-0.25, -0.2) is 0 Å². The van der Waals surface area contributed by atoms with E-state index in [1.54, 1.807) is 0 Å². The molecule has 1 nitrogen and oxygen atoms in total. The minimum absolute atomic E-state index is 0.808. The molecule has 0 saturated carbocycles. The number of nitrogens with zero attached hydrogens (tertiary/aromatic N) is 1. The molecule has 0 spiro atoms. The summed E-state index contributed by atoms with van der Waals surface area (Å²) in [5.74, 6) is 0. The van der Waals surface area contributed by atoms with Gasteiger partial charge >= 0.3 is 0 Å². The number of allylic oxidation sites excluding steroid dienone is 2. The molecular formula is C36H73N. The van der Waals surface area contributed by atoms with E-state index in [2.05, 4.69) is 45.0 Å². The fourth-order valence-corrected chi connectivity index (χ4v) is 5.69. The van der Waals surface area contributed by atoms with Crippen LogP contribution in [0.5, 0.6) is 0 Å². The van der Waals surface area contributed by atoms with E-state index in [1.165, 1.54) is 186 Å². The summed E-state index contributed by atoms with van der Waals surface area (Å²) < 4.78 is 0. The molecule has 1 atom stereocenters. The number of hydrogen-bond acceptors (Lipinski definition) is 1. The maximum Gasteiger partial charge on any atom is 0.00891 e.